The summed E-state index contributed by atoms with van der Waals surface area (Å²) in [6.45, 7) is -0.830. The highest BCUT2D eigenvalue weighted by atomic mass is 79.9. The molecule has 0 radical (unpaired) electrons. The van der Waals surface area contributed by atoms with Gasteiger partial charge in [0.25, 0.3) is 0 Å². The molecule has 0 saturated heterocycles. The first-order valence-electron chi connectivity index (χ1n) is 5.22. The number of nitrogens with zero attached hydrogens (tertiary/aromatic N) is 1. The van der Waals surface area contributed by atoms with E-state index in [-0.39, 0.29) is 0 Å². The molecule has 0 aliphatic heterocycles. The molecule has 0 aliphatic carbocycles. The van der Waals surface area contributed by atoms with E-state index in [2.05, 4.69) is 21.2 Å². The van der Waals surface area contributed by atoms with Crippen molar-refractivity contribution in [2.24, 2.45) is 0 Å². The van der Waals surface area contributed by atoms with Crippen LogP contribution in [0.1, 0.15) is 0 Å². The maximum absolute atomic E-state index is 12.1. The van der Waals surface area contributed by atoms with Gasteiger partial charge >= 0.3 is 12.2 Å². The first-order chi connectivity index (χ1) is 8.70. The minimum Gasteiger partial charge on any atom is -0.382 e. The zero-order valence-corrected chi connectivity index (χ0v) is 11.5. The zero-order valence-electron chi connectivity index (χ0n) is 9.91. The highest BCUT2D eigenvalue weighted by Gasteiger charge is 2.39. The van der Waals surface area contributed by atoms with Crippen molar-refractivity contribution in [1.82, 2.24) is 4.90 Å². The van der Waals surface area contributed by atoms with Crippen LogP contribution < -0.4 is 5.32 Å². The van der Waals surface area contributed by atoms with Crippen LogP contribution in [0.2, 0.25) is 0 Å². The van der Waals surface area contributed by atoms with E-state index >= 15 is 0 Å². The smallest absolute Gasteiger partial charge is 0.382 e. The molecule has 19 heavy (non-hydrogen) atoms. The van der Waals surface area contributed by atoms with Crippen LogP contribution in [0.4, 0.5) is 23.7 Å². The van der Waals surface area contributed by atoms with E-state index in [4.69, 9.17) is 5.11 Å². The number of carbonyl (C=O) groups is 1. The highest BCUT2D eigenvalue weighted by Crippen LogP contribution is 2.21. The largest absolute Gasteiger partial charge is 0.416 e. The lowest BCUT2D eigenvalue weighted by atomic mass is 10.3. The Balaban J connectivity index is 2.58. The molecule has 0 heterocycles. The summed E-state index contributed by atoms with van der Waals surface area (Å²) in [6, 6.07) is 5.88. The molecule has 8 heteroatoms. The Morgan fingerprint density at radius 1 is 1.53 bits per heavy atom. The Morgan fingerprint density at radius 2 is 2.16 bits per heavy atom. The van der Waals surface area contributed by atoms with Crippen molar-refractivity contribution in [3.63, 3.8) is 0 Å². The number of urea groups is 1. The Kier molecular flexibility index (Phi) is 5.19. The van der Waals surface area contributed by atoms with Crippen LogP contribution in [0.5, 0.6) is 0 Å². The molecule has 0 aliphatic rings. The summed E-state index contributed by atoms with van der Waals surface area (Å²) in [7, 11) is 1.17. The summed E-state index contributed by atoms with van der Waals surface area (Å²) in [5.74, 6) is 0. The number of halogens is 4. The standard InChI is InChI=1S/C11H12BrF3N2O2/c1-17(6-9(18)11(13,14)15)10(19)16-8-4-2-3-7(12)5-8/h2-5,9,18H,6H2,1H3,(H,16,19). The molecule has 1 aromatic carbocycles. The number of likely N-dealkylation sites (N-methyl/N-ethyl adjacent to an activating group) is 1. The van der Waals surface area contributed by atoms with E-state index in [0.29, 0.717) is 5.69 Å². The van der Waals surface area contributed by atoms with Gasteiger partial charge in [-0.05, 0) is 18.2 Å². The maximum Gasteiger partial charge on any atom is 0.416 e. The number of aliphatic hydroxyl groups is 1. The molecule has 1 rings (SSSR count). The topological polar surface area (TPSA) is 52.6 Å². The number of benzene rings is 1. The molecule has 0 aromatic heterocycles. The third kappa shape index (κ3) is 5.07. The van der Waals surface area contributed by atoms with E-state index in [1.807, 2.05) is 0 Å². The van der Waals surface area contributed by atoms with Crippen molar-refractivity contribution in [2.45, 2.75) is 12.3 Å². The molecule has 106 valence electrons. The van der Waals surface area contributed by atoms with Gasteiger partial charge in [-0.3, -0.25) is 0 Å². The predicted octanol–water partition coefficient (Wildman–Crippen LogP) is 2.84. The Bertz CT molecular complexity index is 454. The van der Waals surface area contributed by atoms with Gasteiger partial charge < -0.3 is 15.3 Å². The second-order valence-electron chi connectivity index (χ2n) is 3.88. The number of amides is 2. The maximum atomic E-state index is 12.1. The molecular weight excluding hydrogens is 329 g/mol. The molecule has 1 unspecified atom stereocenters. The van der Waals surface area contributed by atoms with Crippen LogP contribution >= 0.6 is 15.9 Å². The van der Waals surface area contributed by atoms with E-state index in [9.17, 15) is 18.0 Å². The van der Waals surface area contributed by atoms with Crippen LogP contribution in [-0.2, 0) is 0 Å². The second kappa shape index (κ2) is 6.25. The van der Waals surface area contributed by atoms with E-state index in [1.54, 1.807) is 24.3 Å². The third-order valence-corrected chi connectivity index (χ3v) is 2.74. The summed E-state index contributed by atoms with van der Waals surface area (Å²) >= 11 is 3.20. The molecule has 0 saturated carbocycles. The van der Waals surface area contributed by atoms with E-state index in [1.165, 1.54) is 7.05 Å². The number of rotatable bonds is 3. The summed E-state index contributed by atoms with van der Waals surface area (Å²) in [4.78, 5) is 12.4. The monoisotopic (exact) mass is 340 g/mol. The van der Waals surface area contributed by atoms with Gasteiger partial charge in [-0.15, -0.1) is 0 Å². The lowest BCUT2D eigenvalue weighted by Gasteiger charge is -2.22. The van der Waals surface area contributed by atoms with Gasteiger partial charge in [0, 0.05) is 17.2 Å². The number of alkyl halides is 3. The van der Waals surface area contributed by atoms with Crippen molar-refractivity contribution in [3.8, 4) is 0 Å². The first-order valence-corrected chi connectivity index (χ1v) is 6.02. The molecule has 2 N–H and O–H groups in total. The number of anilines is 1. The Hall–Kier alpha value is -1.28. The van der Waals surface area contributed by atoms with Crippen LogP contribution in [0.15, 0.2) is 28.7 Å². The van der Waals surface area contributed by atoms with Gasteiger partial charge in [0.2, 0.25) is 0 Å². The average Bonchev–Trinajstić information content (AvgIpc) is 2.27. The zero-order chi connectivity index (χ0) is 14.6. The Labute approximate surface area is 116 Å². The van der Waals surface area contributed by atoms with E-state index < -0.39 is 24.9 Å². The van der Waals surface area contributed by atoms with Crippen LogP contribution in [0, 0.1) is 0 Å². The molecule has 0 spiro atoms. The first kappa shape index (κ1) is 15.8. The quantitative estimate of drug-likeness (QED) is 0.888. The van der Waals surface area contributed by atoms with Gasteiger partial charge in [-0.2, -0.15) is 13.2 Å². The fraction of sp³-hybridized carbons (Fsp3) is 0.364. The van der Waals surface area contributed by atoms with Crippen LogP contribution in [0.25, 0.3) is 0 Å². The number of carbonyl (C=O) groups excluding carboxylic acids is 1. The van der Waals surface area contributed by atoms with Crippen molar-refractivity contribution in [1.29, 1.82) is 0 Å². The van der Waals surface area contributed by atoms with Gasteiger partial charge in [-0.25, -0.2) is 4.79 Å². The molecule has 0 fully saturated rings. The summed E-state index contributed by atoms with van der Waals surface area (Å²) in [5.41, 5.74) is 0.438. The van der Waals surface area contributed by atoms with E-state index in [0.717, 1.165) is 9.37 Å². The SMILES string of the molecule is CN(CC(O)C(F)(F)F)C(=O)Nc1cccc(Br)c1. The Morgan fingerprint density at radius 3 is 2.68 bits per heavy atom. The average molecular weight is 341 g/mol. The lowest BCUT2D eigenvalue weighted by Crippen LogP contribution is -2.43. The van der Waals surface area contributed by atoms with Crippen molar-refractivity contribution < 1.29 is 23.1 Å². The van der Waals surface area contributed by atoms with Crippen molar-refractivity contribution in [3.05, 3.63) is 28.7 Å². The third-order valence-electron chi connectivity index (χ3n) is 2.25. The molecule has 0 bridgehead atoms. The van der Waals surface area contributed by atoms with Crippen LogP contribution in [0.3, 0.4) is 0 Å². The number of nitrogens with one attached hydrogen (secondary N) is 1. The highest BCUT2D eigenvalue weighted by molar-refractivity contribution is 9.10. The minimum atomic E-state index is -4.75. The fourth-order valence-corrected chi connectivity index (χ4v) is 1.63. The molecule has 1 aromatic rings. The normalized spacial score (nSPS) is 12.9. The number of aliphatic hydroxyl groups excluding tert-OH is 1. The fourth-order valence-electron chi connectivity index (χ4n) is 1.23. The lowest BCUT2D eigenvalue weighted by molar-refractivity contribution is -0.205. The minimum absolute atomic E-state index is 0.438. The molecule has 1 atom stereocenters. The van der Waals surface area contributed by atoms with Gasteiger partial charge in [-0.1, -0.05) is 22.0 Å². The second-order valence-corrected chi connectivity index (χ2v) is 4.79. The molecule has 4 nitrogen and oxygen atoms in total. The molecule has 2 amide bonds. The summed E-state index contributed by atoms with van der Waals surface area (Å²) < 4.78 is 37.1. The van der Waals surface area contributed by atoms with Crippen molar-refractivity contribution in [2.75, 3.05) is 18.9 Å². The summed E-state index contributed by atoms with van der Waals surface area (Å²) in [5, 5.41) is 11.3. The number of hydrogen-bond donors (Lipinski definition) is 2. The van der Waals surface area contributed by atoms with Crippen molar-refractivity contribution >= 4 is 27.6 Å². The van der Waals surface area contributed by atoms with Gasteiger partial charge in [0.15, 0.2) is 6.10 Å². The van der Waals surface area contributed by atoms with Crippen LogP contribution in [-0.4, -0.2) is 41.9 Å². The molecular formula is C11H12BrF3N2O2. The number of hydrogen-bond acceptors (Lipinski definition) is 2. The predicted molar refractivity (Wildman–Crippen MR) is 67.9 cm³/mol. The van der Waals surface area contributed by atoms with Gasteiger partial charge in [0.1, 0.15) is 0 Å². The van der Waals surface area contributed by atoms with Gasteiger partial charge in [0.05, 0.1) is 6.54 Å². The summed E-state index contributed by atoms with van der Waals surface area (Å²) in [6.07, 6.45) is -7.31.